The Morgan fingerprint density at radius 2 is 1.77 bits per heavy atom. The third-order valence-corrected chi connectivity index (χ3v) is 6.19. The monoisotopic (exact) mass is 320 g/mol. The van der Waals surface area contributed by atoms with Gasteiger partial charge in [-0.25, -0.2) is 9.88 Å². The van der Waals surface area contributed by atoms with E-state index in [9.17, 15) is 9.59 Å². The van der Waals surface area contributed by atoms with E-state index in [1.807, 2.05) is 0 Å². The maximum Gasteiger partial charge on any atom is 0.236 e. The number of carbonyl (C=O) groups is 2. The van der Waals surface area contributed by atoms with Gasteiger partial charge in [-0.1, -0.05) is 20.8 Å². The van der Waals surface area contributed by atoms with Gasteiger partial charge in [-0.15, -0.1) is 11.3 Å². The quantitative estimate of drug-likeness (QED) is 0.734. The highest BCUT2D eigenvalue weighted by atomic mass is 32.1. The van der Waals surface area contributed by atoms with Gasteiger partial charge in [-0.05, 0) is 42.4 Å². The van der Waals surface area contributed by atoms with Crippen LogP contribution >= 0.6 is 11.3 Å². The number of amides is 2. The molecule has 2 fully saturated rings. The number of imide groups is 1. The molecule has 0 N–H and O–H groups in total. The van der Waals surface area contributed by atoms with Crippen LogP contribution in [0.1, 0.15) is 59.3 Å². The summed E-state index contributed by atoms with van der Waals surface area (Å²) in [6.45, 7) is 6.87. The third kappa shape index (κ3) is 2.83. The van der Waals surface area contributed by atoms with Crippen molar-refractivity contribution in [1.29, 1.82) is 0 Å². The summed E-state index contributed by atoms with van der Waals surface area (Å²) in [7, 11) is 0. The van der Waals surface area contributed by atoms with E-state index in [0.29, 0.717) is 29.3 Å². The number of aromatic nitrogens is 1. The number of nitrogens with zero attached hydrogens (tertiary/aromatic N) is 2. The normalized spacial score (nSPS) is 23.3. The predicted octanol–water partition coefficient (Wildman–Crippen LogP) is 4.02. The molecule has 1 aromatic rings. The summed E-state index contributed by atoms with van der Waals surface area (Å²) in [5, 5.41) is 2.32. The van der Waals surface area contributed by atoms with Crippen molar-refractivity contribution in [3.05, 3.63) is 11.6 Å². The molecule has 0 bridgehead atoms. The second kappa shape index (κ2) is 5.44. The molecule has 1 saturated carbocycles. The number of carbonyl (C=O) groups excluding carboxylic acids is 2. The molecule has 1 aliphatic heterocycles. The number of hydrogen-bond donors (Lipinski definition) is 0. The summed E-state index contributed by atoms with van der Waals surface area (Å²) in [5.74, 6) is 0.557. The number of thiazole rings is 1. The maximum absolute atomic E-state index is 12.5. The van der Waals surface area contributed by atoms with E-state index in [0.717, 1.165) is 25.7 Å². The third-order valence-electron chi connectivity index (χ3n) is 5.43. The van der Waals surface area contributed by atoms with Crippen LogP contribution in [0.2, 0.25) is 0 Å². The lowest BCUT2D eigenvalue weighted by atomic mass is 9.61. The van der Waals surface area contributed by atoms with E-state index in [1.165, 1.54) is 16.2 Å². The molecule has 2 heterocycles. The molecule has 1 spiro atoms. The van der Waals surface area contributed by atoms with Crippen molar-refractivity contribution in [2.45, 2.75) is 59.3 Å². The molecule has 0 unspecified atom stereocenters. The van der Waals surface area contributed by atoms with Crippen LogP contribution in [0.3, 0.4) is 0 Å². The Morgan fingerprint density at radius 1 is 1.18 bits per heavy atom. The second-order valence-electron chi connectivity index (χ2n) is 7.93. The average molecular weight is 320 g/mol. The fourth-order valence-corrected chi connectivity index (χ4v) is 4.66. The molecular formula is C17H24N2O2S. The van der Waals surface area contributed by atoms with E-state index >= 15 is 0 Å². The summed E-state index contributed by atoms with van der Waals surface area (Å²) in [6, 6.07) is 0. The van der Waals surface area contributed by atoms with Gasteiger partial charge in [0.05, 0.1) is 0 Å². The van der Waals surface area contributed by atoms with E-state index in [1.54, 1.807) is 11.6 Å². The van der Waals surface area contributed by atoms with Crippen molar-refractivity contribution >= 4 is 28.3 Å². The van der Waals surface area contributed by atoms with Crippen molar-refractivity contribution < 1.29 is 9.59 Å². The molecule has 120 valence electrons. The van der Waals surface area contributed by atoms with E-state index in [2.05, 4.69) is 25.8 Å². The maximum atomic E-state index is 12.5. The van der Waals surface area contributed by atoms with Crippen molar-refractivity contribution in [1.82, 2.24) is 4.98 Å². The van der Waals surface area contributed by atoms with Gasteiger partial charge >= 0.3 is 0 Å². The van der Waals surface area contributed by atoms with Gasteiger partial charge in [-0.2, -0.15) is 0 Å². The van der Waals surface area contributed by atoms with Crippen LogP contribution in [0.25, 0.3) is 0 Å². The van der Waals surface area contributed by atoms with Gasteiger partial charge in [0.2, 0.25) is 11.8 Å². The highest BCUT2D eigenvalue weighted by Crippen LogP contribution is 2.51. The first kappa shape index (κ1) is 15.7. The fraction of sp³-hybridized carbons (Fsp3) is 0.706. The summed E-state index contributed by atoms with van der Waals surface area (Å²) in [6.07, 6.45) is 6.88. The van der Waals surface area contributed by atoms with Crippen LogP contribution < -0.4 is 4.90 Å². The number of hydrogen-bond acceptors (Lipinski definition) is 4. The Bertz CT molecular complexity index is 546. The minimum atomic E-state index is -0.0936. The molecule has 4 nitrogen and oxygen atoms in total. The first-order valence-corrected chi connectivity index (χ1v) is 8.94. The van der Waals surface area contributed by atoms with Crippen LogP contribution in [0.5, 0.6) is 0 Å². The first-order valence-electron chi connectivity index (χ1n) is 8.06. The van der Waals surface area contributed by atoms with Crippen LogP contribution in [-0.4, -0.2) is 16.8 Å². The van der Waals surface area contributed by atoms with Gasteiger partial charge < -0.3 is 0 Å². The van der Waals surface area contributed by atoms with Crippen molar-refractivity contribution in [2.24, 2.45) is 16.7 Å². The zero-order valence-electron chi connectivity index (χ0n) is 13.6. The fourth-order valence-electron chi connectivity index (χ4n) is 3.99. The summed E-state index contributed by atoms with van der Waals surface area (Å²) in [4.78, 5) is 30.5. The van der Waals surface area contributed by atoms with Crippen LogP contribution in [-0.2, 0) is 9.59 Å². The van der Waals surface area contributed by atoms with E-state index in [4.69, 9.17) is 0 Å². The number of piperidine rings is 1. The number of rotatable bonds is 1. The SMILES string of the molecule is CC(C)(C)C1CCC2(CC1)CC(=O)N(c1nccs1)C(=O)C2. The minimum absolute atomic E-state index is 0.0691. The van der Waals surface area contributed by atoms with Gasteiger partial charge in [0.1, 0.15) is 0 Å². The second-order valence-corrected chi connectivity index (χ2v) is 8.80. The van der Waals surface area contributed by atoms with Crippen molar-refractivity contribution in [3.8, 4) is 0 Å². The molecule has 0 aromatic carbocycles. The highest BCUT2D eigenvalue weighted by Gasteiger charge is 2.47. The molecular weight excluding hydrogens is 296 g/mol. The average Bonchev–Trinajstić information content (AvgIpc) is 2.90. The van der Waals surface area contributed by atoms with Crippen molar-refractivity contribution in [3.63, 3.8) is 0 Å². The molecule has 1 saturated heterocycles. The molecule has 0 atom stereocenters. The molecule has 0 radical (unpaired) electrons. The molecule has 3 rings (SSSR count). The molecule has 2 aliphatic rings. The lowest BCUT2D eigenvalue weighted by Crippen LogP contribution is -2.49. The van der Waals surface area contributed by atoms with Crippen LogP contribution in [0.15, 0.2) is 11.6 Å². The minimum Gasteiger partial charge on any atom is -0.274 e. The Labute approximate surface area is 135 Å². The van der Waals surface area contributed by atoms with Gasteiger partial charge in [0.15, 0.2) is 5.13 Å². The molecule has 1 aromatic heterocycles. The standard InChI is InChI=1S/C17H24N2O2S/c1-16(2,3)12-4-6-17(7-5-12)10-13(20)19(14(21)11-17)15-18-8-9-22-15/h8-9,12H,4-7,10-11H2,1-3H3. The largest absolute Gasteiger partial charge is 0.274 e. The highest BCUT2D eigenvalue weighted by molar-refractivity contribution is 7.14. The van der Waals surface area contributed by atoms with E-state index in [-0.39, 0.29) is 17.2 Å². The zero-order chi connectivity index (χ0) is 16.0. The van der Waals surface area contributed by atoms with Gasteiger partial charge in [0.25, 0.3) is 0 Å². The smallest absolute Gasteiger partial charge is 0.236 e. The first-order chi connectivity index (χ1) is 10.3. The number of anilines is 1. The van der Waals surface area contributed by atoms with Gasteiger partial charge in [-0.3, -0.25) is 9.59 Å². The van der Waals surface area contributed by atoms with Crippen LogP contribution in [0, 0.1) is 16.7 Å². The lowest BCUT2D eigenvalue weighted by Gasteiger charge is -2.46. The summed E-state index contributed by atoms with van der Waals surface area (Å²) >= 11 is 1.35. The summed E-state index contributed by atoms with van der Waals surface area (Å²) < 4.78 is 0. The Morgan fingerprint density at radius 3 is 2.23 bits per heavy atom. The van der Waals surface area contributed by atoms with Crippen LogP contribution in [0.4, 0.5) is 5.13 Å². The molecule has 1 aliphatic carbocycles. The zero-order valence-corrected chi connectivity index (χ0v) is 14.4. The molecule has 22 heavy (non-hydrogen) atoms. The van der Waals surface area contributed by atoms with E-state index < -0.39 is 0 Å². The molecule has 5 heteroatoms. The topological polar surface area (TPSA) is 50.3 Å². The lowest BCUT2D eigenvalue weighted by molar-refractivity contribution is -0.135. The molecule has 2 amide bonds. The Kier molecular flexibility index (Phi) is 3.87. The van der Waals surface area contributed by atoms with Gasteiger partial charge in [0, 0.05) is 24.4 Å². The Balaban J connectivity index is 1.72. The van der Waals surface area contributed by atoms with Crippen molar-refractivity contribution in [2.75, 3.05) is 4.90 Å². The summed E-state index contributed by atoms with van der Waals surface area (Å²) in [5.41, 5.74) is 0.223. The predicted molar refractivity (Wildman–Crippen MR) is 87.7 cm³/mol. The Hall–Kier alpha value is -1.23.